The minimum Gasteiger partial charge on any atom is -0.497 e. The Balaban J connectivity index is 1.80. The van der Waals surface area contributed by atoms with Gasteiger partial charge in [0, 0.05) is 11.3 Å². The zero-order valence-electron chi connectivity index (χ0n) is 10.8. The van der Waals surface area contributed by atoms with E-state index in [0.29, 0.717) is 22.4 Å². The van der Waals surface area contributed by atoms with Crippen molar-refractivity contribution in [3.63, 3.8) is 0 Å². The van der Waals surface area contributed by atoms with Gasteiger partial charge in [0.15, 0.2) is 12.0 Å². The van der Waals surface area contributed by atoms with Gasteiger partial charge in [0.05, 0.1) is 7.11 Å². The molecule has 0 saturated heterocycles. The summed E-state index contributed by atoms with van der Waals surface area (Å²) in [6, 6.07) is 12.3. The van der Waals surface area contributed by atoms with E-state index in [-0.39, 0.29) is 5.91 Å². The number of benzene rings is 2. The van der Waals surface area contributed by atoms with Crippen molar-refractivity contribution in [1.29, 1.82) is 0 Å². The molecule has 0 aliphatic rings. The van der Waals surface area contributed by atoms with Crippen molar-refractivity contribution in [3.8, 4) is 5.75 Å². The summed E-state index contributed by atoms with van der Waals surface area (Å²) in [7, 11) is 1.60. The summed E-state index contributed by atoms with van der Waals surface area (Å²) < 4.78 is 10.2. The molecule has 2 aromatic carbocycles. The van der Waals surface area contributed by atoms with Gasteiger partial charge in [-0.15, -0.1) is 0 Å². The van der Waals surface area contributed by atoms with Crippen LogP contribution in [-0.2, 0) is 0 Å². The predicted octanol–water partition coefficient (Wildman–Crippen LogP) is 3.09. The van der Waals surface area contributed by atoms with Gasteiger partial charge in [-0.1, -0.05) is 0 Å². The molecule has 0 aliphatic carbocycles. The van der Waals surface area contributed by atoms with Crippen LogP contribution in [0, 0.1) is 0 Å². The van der Waals surface area contributed by atoms with E-state index in [2.05, 4.69) is 10.3 Å². The number of amides is 1. The van der Waals surface area contributed by atoms with Crippen LogP contribution in [-0.4, -0.2) is 18.0 Å². The van der Waals surface area contributed by atoms with Crippen LogP contribution in [0.25, 0.3) is 11.1 Å². The highest BCUT2D eigenvalue weighted by Crippen LogP contribution is 2.18. The fourth-order valence-electron chi connectivity index (χ4n) is 1.88. The van der Waals surface area contributed by atoms with E-state index in [0.717, 1.165) is 5.75 Å². The second kappa shape index (κ2) is 5.05. The number of aromatic nitrogens is 1. The minimum atomic E-state index is -0.194. The second-order valence-electron chi connectivity index (χ2n) is 4.22. The molecule has 5 heteroatoms. The van der Waals surface area contributed by atoms with Crippen molar-refractivity contribution >= 4 is 22.7 Å². The average Bonchev–Trinajstić information content (AvgIpc) is 2.95. The molecular weight excluding hydrogens is 256 g/mol. The lowest BCUT2D eigenvalue weighted by molar-refractivity contribution is 0.102. The Morgan fingerprint density at radius 3 is 2.75 bits per heavy atom. The zero-order valence-corrected chi connectivity index (χ0v) is 10.8. The molecule has 0 bridgehead atoms. The Bertz CT molecular complexity index is 747. The van der Waals surface area contributed by atoms with Gasteiger partial charge in [0.2, 0.25) is 0 Å². The second-order valence-corrected chi connectivity index (χ2v) is 4.22. The number of anilines is 1. The van der Waals surface area contributed by atoms with Crippen LogP contribution in [0.5, 0.6) is 5.75 Å². The molecule has 1 heterocycles. The third-order valence-corrected chi connectivity index (χ3v) is 2.94. The number of nitrogens with one attached hydrogen (secondary N) is 1. The quantitative estimate of drug-likeness (QED) is 0.792. The number of rotatable bonds is 3. The van der Waals surface area contributed by atoms with E-state index in [9.17, 15) is 4.79 Å². The Morgan fingerprint density at radius 2 is 2.00 bits per heavy atom. The van der Waals surface area contributed by atoms with E-state index in [4.69, 9.17) is 9.15 Å². The molecule has 1 amide bonds. The first-order valence-electron chi connectivity index (χ1n) is 6.05. The van der Waals surface area contributed by atoms with E-state index >= 15 is 0 Å². The largest absolute Gasteiger partial charge is 0.497 e. The van der Waals surface area contributed by atoms with Crippen LogP contribution in [0.2, 0.25) is 0 Å². The van der Waals surface area contributed by atoms with Crippen molar-refractivity contribution in [1.82, 2.24) is 4.98 Å². The van der Waals surface area contributed by atoms with Gasteiger partial charge in [0.25, 0.3) is 5.91 Å². The molecule has 0 unspecified atom stereocenters. The topological polar surface area (TPSA) is 64.4 Å². The third kappa shape index (κ3) is 2.33. The molecule has 5 nitrogen and oxygen atoms in total. The number of hydrogen-bond acceptors (Lipinski definition) is 4. The summed E-state index contributed by atoms with van der Waals surface area (Å²) in [5, 5.41) is 2.81. The highest BCUT2D eigenvalue weighted by molar-refractivity contribution is 6.05. The van der Waals surface area contributed by atoms with Crippen LogP contribution in [0.1, 0.15) is 10.4 Å². The maximum absolute atomic E-state index is 12.1. The normalized spacial score (nSPS) is 10.4. The third-order valence-electron chi connectivity index (χ3n) is 2.94. The van der Waals surface area contributed by atoms with Gasteiger partial charge < -0.3 is 14.5 Å². The Hall–Kier alpha value is -2.82. The maximum atomic E-state index is 12.1. The number of oxazole rings is 1. The predicted molar refractivity (Wildman–Crippen MR) is 75.0 cm³/mol. The summed E-state index contributed by atoms with van der Waals surface area (Å²) in [5.41, 5.74) is 2.55. The first-order valence-corrected chi connectivity index (χ1v) is 6.05. The number of hydrogen-bond donors (Lipinski definition) is 1. The molecule has 3 rings (SSSR count). The lowest BCUT2D eigenvalue weighted by Gasteiger charge is -2.06. The van der Waals surface area contributed by atoms with Gasteiger partial charge in [-0.2, -0.15) is 0 Å². The number of ether oxygens (including phenoxy) is 1. The molecule has 1 aromatic heterocycles. The standard InChI is InChI=1S/C15H12N2O3/c1-19-12-5-3-11(4-6-12)17-15(18)10-2-7-14-13(8-10)16-9-20-14/h2-9H,1H3,(H,17,18). The molecule has 1 N–H and O–H groups in total. The van der Waals surface area contributed by atoms with Crippen molar-refractivity contribution in [2.24, 2.45) is 0 Å². The molecule has 20 heavy (non-hydrogen) atoms. The fraction of sp³-hybridized carbons (Fsp3) is 0.0667. The van der Waals surface area contributed by atoms with Crippen LogP contribution in [0.3, 0.4) is 0 Å². The van der Waals surface area contributed by atoms with Crippen LogP contribution in [0.15, 0.2) is 53.3 Å². The first-order chi connectivity index (χ1) is 9.76. The smallest absolute Gasteiger partial charge is 0.255 e. The lowest BCUT2D eigenvalue weighted by atomic mass is 10.2. The van der Waals surface area contributed by atoms with E-state index in [1.54, 1.807) is 49.6 Å². The molecule has 100 valence electrons. The van der Waals surface area contributed by atoms with Gasteiger partial charge in [-0.05, 0) is 42.5 Å². The first kappa shape index (κ1) is 12.2. The monoisotopic (exact) mass is 268 g/mol. The zero-order chi connectivity index (χ0) is 13.9. The molecule has 0 spiro atoms. The lowest BCUT2D eigenvalue weighted by Crippen LogP contribution is -2.11. The van der Waals surface area contributed by atoms with Gasteiger partial charge in [0.1, 0.15) is 11.3 Å². The van der Waals surface area contributed by atoms with Crippen molar-refractivity contribution in [2.75, 3.05) is 12.4 Å². The highest BCUT2D eigenvalue weighted by Gasteiger charge is 2.08. The summed E-state index contributed by atoms with van der Waals surface area (Å²) in [5.74, 6) is 0.548. The van der Waals surface area contributed by atoms with Crippen LogP contribution < -0.4 is 10.1 Å². The Morgan fingerprint density at radius 1 is 1.20 bits per heavy atom. The van der Waals surface area contributed by atoms with Crippen LogP contribution in [0.4, 0.5) is 5.69 Å². The summed E-state index contributed by atoms with van der Waals surface area (Å²) in [6.45, 7) is 0. The van der Waals surface area contributed by atoms with Crippen molar-refractivity contribution in [3.05, 3.63) is 54.4 Å². The van der Waals surface area contributed by atoms with Crippen molar-refractivity contribution < 1.29 is 13.9 Å². The number of carbonyl (C=O) groups is 1. The van der Waals surface area contributed by atoms with Gasteiger partial charge in [-0.3, -0.25) is 4.79 Å². The Labute approximate surface area is 115 Å². The van der Waals surface area contributed by atoms with E-state index < -0.39 is 0 Å². The van der Waals surface area contributed by atoms with Crippen molar-refractivity contribution in [2.45, 2.75) is 0 Å². The molecular formula is C15H12N2O3. The van der Waals surface area contributed by atoms with E-state index in [1.165, 1.54) is 6.39 Å². The highest BCUT2D eigenvalue weighted by atomic mass is 16.5. The van der Waals surface area contributed by atoms with Crippen LogP contribution >= 0.6 is 0 Å². The molecule has 0 fully saturated rings. The number of fused-ring (bicyclic) bond motifs is 1. The molecule has 0 saturated carbocycles. The summed E-state index contributed by atoms with van der Waals surface area (Å²) in [6.07, 6.45) is 1.36. The summed E-state index contributed by atoms with van der Waals surface area (Å²) in [4.78, 5) is 16.2. The summed E-state index contributed by atoms with van der Waals surface area (Å²) >= 11 is 0. The number of carbonyl (C=O) groups excluding carboxylic acids is 1. The SMILES string of the molecule is COc1ccc(NC(=O)c2ccc3ocnc3c2)cc1. The number of nitrogens with zero attached hydrogens (tertiary/aromatic N) is 1. The maximum Gasteiger partial charge on any atom is 0.255 e. The fourth-order valence-corrected chi connectivity index (χ4v) is 1.88. The van der Waals surface area contributed by atoms with E-state index in [1.807, 2.05) is 0 Å². The van der Waals surface area contributed by atoms with Gasteiger partial charge >= 0.3 is 0 Å². The van der Waals surface area contributed by atoms with Gasteiger partial charge in [-0.25, -0.2) is 4.98 Å². The molecule has 3 aromatic rings. The number of methoxy groups -OCH3 is 1. The minimum absolute atomic E-state index is 0.194. The molecule has 0 radical (unpaired) electrons. The molecule has 0 atom stereocenters. The Kier molecular flexibility index (Phi) is 3.09. The average molecular weight is 268 g/mol. The molecule has 0 aliphatic heterocycles.